The molecule has 6 nitrogen and oxygen atoms in total. The van der Waals surface area contributed by atoms with Crippen molar-refractivity contribution in [1.82, 2.24) is 19.3 Å². The number of H-pyrrole nitrogens is 1. The number of aliphatic hydroxyl groups is 1. The van der Waals surface area contributed by atoms with Gasteiger partial charge >= 0.3 is 0 Å². The SMILES string of the molecule is Cn1cc(-c2cc3c(C(O)c4ccccc4)cn(C)c(=O)c3[nH]2)cn1. The molecule has 0 radical (unpaired) electrons. The van der Waals surface area contributed by atoms with Gasteiger partial charge in [0, 0.05) is 48.7 Å². The first-order chi connectivity index (χ1) is 12.0. The zero-order valence-corrected chi connectivity index (χ0v) is 14.0. The molecule has 4 aromatic rings. The van der Waals surface area contributed by atoms with E-state index in [4.69, 9.17) is 0 Å². The van der Waals surface area contributed by atoms with Gasteiger partial charge in [-0.25, -0.2) is 0 Å². The molecule has 0 bridgehead atoms. The Morgan fingerprint density at radius 3 is 2.60 bits per heavy atom. The number of nitrogens with zero attached hydrogens (tertiary/aromatic N) is 3. The van der Waals surface area contributed by atoms with Gasteiger partial charge in [0.25, 0.3) is 5.56 Å². The molecule has 0 amide bonds. The van der Waals surface area contributed by atoms with E-state index in [1.807, 2.05) is 49.6 Å². The Bertz CT molecular complexity index is 1110. The highest BCUT2D eigenvalue weighted by Gasteiger charge is 2.19. The van der Waals surface area contributed by atoms with Crippen molar-refractivity contribution < 1.29 is 5.11 Å². The Kier molecular flexibility index (Phi) is 3.54. The third-order valence-corrected chi connectivity index (χ3v) is 4.42. The predicted octanol–water partition coefficient (Wildman–Crippen LogP) is 2.35. The van der Waals surface area contributed by atoms with Crippen molar-refractivity contribution >= 4 is 10.9 Å². The molecule has 3 heterocycles. The lowest BCUT2D eigenvalue weighted by Crippen LogP contribution is -2.18. The molecule has 0 aliphatic rings. The number of aromatic amines is 1. The molecule has 1 aromatic carbocycles. The molecule has 1 unspecified atom stereocenters. The van der Waals surface area contributed by atoms with Crippen LogP contribution in [-0.2, 0) is 14.1 Å². The second-order valence-corrected chi connectivity index (χ2v) is 6.19. The molecular weight excluding hydrogens is 316 g/mol. The monoisotopic (exact) mass is 334 g/mol. The van der Waals surface area contributed by atoms with Crippen LogP contribution in [0.4, 0.5) is 0 Å². The molecule has 6 heteroatoms. The fourth-order valence-electron chi connectivity index (χ4n) is 3.11. The smallest absolute Gasteiger partial charge is 0.274 e. The van der Waals surface area contributed by atoms with E-state index >= 15 is 0 Å². The van der Waals surface area contributed by atoms with E-state index in [0.717, 1.165) is 22.2 Å². The lowest BCUT2D eigenvalue weighted by Gasteiger charge is -2.13. The molecule has 3 aromatic heterocycles. The van der Waals surface area contributed by atoms with E-state index in [1.165, 1.54) is 4.57 Å². The largest absolute Gasteiger partial charge is 0.384 e. The number of rotatable bonds is 3. The fraction of sp³-hybridized carbons (Fsp3) is 0.158. The minimum atomic E-state index is -0.812. The first-order valence-corrected chi connectivity index (χ1v) is 7.99. The van der Waals surface area contributed by atoms with Crippen molar-refractivity contribution in [2.75, 3.05) is 0 Å². The summed E-state index contributed by atoms with van der Waals surface area (Å²) < 4.78 is 3.20. The third kappa shape index (κ3) is 2.56. The molecule has 0 spiro atoms. The maximum atomic E-state index is 12.5. The summed E-state index contributed by atoms with van der Waals surface area (Å²) >= 11 is 0. The normalized spacial score (nSPS) is 12.6. The number of hydrogen-bond donors (Lipinski definition) is 2. The first kappa shape index (κ1) is 15.4. The number of fused-ring (bicyclic) bond motifs is 1. The van der Waals surface area contributed by atoms with E-state index in [1.54, 1.807) is 24.1 Å². The van der Waals surface area contributed by atoms with Crippen LogP contribution >= 0.6 is 0 Å². The highest BCUT2D eigenvalue weighted by atomic mass is 16.3. The zero-order valence-electron chi connectivity index (χ0n) is 14.0. The molecule has 126 valence electrons. The summed E-state index contributed by atoms with van der Waals surface area (Å²) in [7, 11) is 3.53. The lowest BCUT2D eigenvalue weighted by atomic mass is 10.00. The van der Waals surface area contributed by atoms with E-state index < -0.39 is 6.10 Å². The van der Waals surface area contributed by atoms with Crippen LogP contribution < -0.4 is 5.56 Å². The van der Waals surface area contributed by atoms with Crippen molar-refractivity contribution in [2.45, 2.75) is 6.10 Å². The van der Waals surface area contributed by atoms with Crippen LogP contribution in [0, 0.1) is 0 Å². The molecule has 0 saturated heterocycles. The van der Waals surface area contributed by atoms with Gasteiger partial charge in [-0.1, -0.05) is 30.3 Å². The van der Waals surface area contributed by atoms with E-state index in [9.17, 15) is 9.90 Å². The van der Waals surface area contributed by atoms with Gasteiger partial charge < -0.3 is 14.7 Å². The van der Waals surface area contributed by atoms with Crippen LogP contribution in [0.15, 0.2) is 59.8 Å². The summed E-state index contributed by atoms with van der Waals surface area (Å²) in [4.78, 5) is 15.7. The molecule has 0 fully saturated rings. The molecule has 0 aliphatic heterocycles. The van der Waals surface area contributed by atoms with Crippen molar-refractivity contribution in [3.05, 3.63) is 76.5 Å². The highest BCUT2D eigenvalue weighted by Crippen LogP contribution is 2.30. The standard InChI is InChI=1S/C19H18N4O2/c1-22-11-15(18(24)12-6-4-3-5-7-12)14-8-16(21-17(14)19(22)25)13-9-20-23(2)10-13/h3-11,18,21,24H,1-2H3. The van der Waals surface area contributed by atoms with E-state index in [0.29, 0.717) is 11.1 Å². The summed E-state index contributed by atoms with van der Waals surface area (Å²) in [5.41, 5.74) is 3.51. The number of aromatic nitrogens is 4. The molecule has 25 heavy (non-hydrogen) atoms. The van der Waals surface area contributed by atoms with Gasteiger partial charge in [-0.3, -0.25) is 9.48 Å². The second-order valence-electron chi connectivity index (χ2n) is 6.19. The molecule has 1 atom stereocenters. The maximum Gasteiger partial charge on any atom is 0.274 e. The Morgan fingerprint density at radius 1 is 1.16 bits per heavy atom. The van der Waals surface area contributed by atoms with Gasteiger partial charge in [-0.2, -0.15) is 5.10 Å². The zero-order chi connectivity index (χ0) is 17.6. The Labute approximate surface area is 144 Å². The van der Waals surface area contributed by atoms with Gasteiger partial charge in [0.1, 0.15) is 11.6 Å². The number of benzene rings is 1. The van der Waals surface area contributed by atoms with Gasteiger partial charge in [0.15, 0.2) is 0 Å². The molecule has 4 rings (SSSR count). The van der Waals surface area contributed by atoms with Gasteiger partial charge in [0.2, 0.25) is 0 Å². The molecule has 2 N–H and O–H groups in total. The topological polar surface area (TPSA) is 75.8 Å². The van der Waals surface area contributed by atoms with Crippen LogP contribution in [0.2, 0.25) is 0 Å². The fourth-order valence-corrected chi connectivity index (χ4v) is 3.11. The summed E-state index contributed by atoms with van der Waals surface area (Å²) in [6.07, 6.45) is 4.50. The minimum absolute atomic E-state index is 0.130. The third-order valence-electron chi connectivity index (χ3n) is 4.42. The summed E-state index contributed by atoms with van der Waals surface area (Å²) in [6, 6.07) is 11.3. The van der Waals surface area contributed by atoms with Gasteiger partial charge in [-0.15, -0.1) is 0 Å². The van der Waals surface area contributed by atoms with Crippen molar-refractivity contribution in [1.29, 1.82) is 0 Å². The van der Waals surface area contributed by atoms with Crippen molar-refractivity contribution in [3.63, 3.8) is 0 Å². The lowest BCUT2D eigenvalue weighted by molar-refractivity contribution is 0.221. The van der Waals surface area contributed by atoms with Gasteiger partial charge in [-0.05, 0) is 11.6 Å². The number of aliphatic hydroxyl groups excluding tert-OH is 1. The first-order valence-electron chi connectivity index (χ1n) is 7.99. The van der Waals surface area contributed by atoms with Gasteiger partial charge in [0.05, 0.1) is 6.20 Å². The van der Waals surface area contributed by atoms with Crippen LogP contribution in [0.3, 0.4) is 0 Å². The van der Waals surface area contributed by atoms with E-state index in [2.05, 4.69) is 10.1 Å². The summed E-state index contributed by atoms with van der Waals surface area (Å²) in [5, 5.41) is 15.7. The number of aryl methyl sites for hydroxylation is 2. The molecule has 0 saturated carbocycles. The predicted molar refractivity (Wildman–Crippen MR) is 96.2 cm³/mol. The van der Waals surface area contributed by atoms with Crippen LogP contribution in [0.25, 0.3) is 22.2 Å². The van der Waals surface area contributed by atoms with Crippen LogP contribution in [-0.4, -0.2) is 24.4 Å². The van der Waals surface area contributed by atoms with E-state index in [-0.39, 0.29) is 5.56 Å². The van der Waals surface area contributed by atoms with Crippen molar-refractivity contribution in [2.24, 2.45) is 14.1 Å². The Balaban J connectivity index is 1.94. The van der Waals surface area contributed by atoms with Crippen molar-refractivity contribution in [3.8, 4) is 11.3 Å². The van der Waals surface area contributed by atoms with Crippen LogP contribution in [0.5, 0.6) is 0 Å². The highest BCUT2D eigenvalue weighted by molar-refractivity contribution is 5.88. The Morgan fingerprint density at radius 2 is 1.92 bits per heavy atom. The minimum Gasteiger partial charge on any atom is -0.384 e. The number of pyridine rings is 1. The number of hydrogen-bond acceptors (Lipinski definition) is 3. The quantitative estimate of drug-likeness (QED) is 0.604. The second kappa shape index (κ2) is 5.75. The molecular formula is C19H18N4O2. The van der Waals surface area contributed by atoms with Crippen LogP contribution in [0.1, 0.15) is 17.2 Å². The Hall–Kier alpha value is -3.12. The average molecular weight is 334 g/mol. The maximum absolute atomic E-state index is 12.5. The molecule has 0 aliphatic carbocycles. The number of nitrogens with one attached hydrogen (secondary N) is 1. The summed E-state index contributed by atoms with van der Waals surface area (Å²) in [6.45, 7) is 0. The summed E-state index contributed by atoms with van der Waals surface area (Å²) in [5.74, 6) is 0. The average Bonchev–Trinajstić information content (AvgIpc) is 3.25.